The second-order valence-electron chi connectivity index (χ2n) is 5.65. The van der Waals surface area contributed by atoms with Crippen LogP contribution in [0.3, 0.4) is 0 Å². The number of piperidine rings is 1. The number of hydrogen-bond acceptors (Lipinski definition) is 3. The molecule has 0 aliphatic carbocycles. The number of benzene rings is 1. The molecule has 1 saturated heterocycles. The van der Waals surface area contributed by atoms with Gasteiger partial charge in [-0.25, -0.2) is 0 Å². The highest BCUT2D eigenvalue weighted by Crippen LogP contribution is 2.13. The highest BCUT2D eigenvalue weighted by atomic mass is 35.5. The fourth-order valence-corrected chi connectivity index (χ4v) is 2.51. The molecule has 0 bridgehead atoms. The van der Waals surface area contributed by atoms with E-state index in [9.17, 15) is 4.79 Å². The average molecular weight is 348 g/mol. The summed E-state index contributed by atoms with van der Waals surface area (Å²) in [4.78, 5) is 14.1. The zero-order valence-electron chi connectivity index (χ0n) is 13.3. The molecule has 22 heavy (non-hydrogen) atoms. The van der Waals surface area contributed by atoms with E-state index in [1.807, 2.05) is 14.1 Å². The number of anilines is 1. The molecule has 1 atom stereocenters. The molecule has 6 heteroatoms. The van der Waals surface area contributed by atoms with Gasteiger partial charge in [0.1, 0.15) is 0 Å². The molecule has 1 heterocycles. The van der Waals surface area contributed by atoms with Crippen LogP contribution in [0.15, 0.2) is 24.3 Å². The lowest BCUT2D eigenvalue weighted by Crippen LogP contribution is -2.41. The molecule has 1 unspecified atom stereocenters. The number of hydrogen-bond donors (Lipinski definition) is 2. The Morgan fingerprint density at radius 2 is 1.95 bits per heavy atom. The Morgan fingerprint density at radius 1 is 1.27 bits per heavy atom. The predicted octanol–water partition coefficient (Wildman–Crippen LogP) is 2.25. The van der Waals surface area contributed by atoms with Gasteiger partial charge in [0.2, 0.25) is 5.91 Å². The van der Waals surface area contributed by atoms with Gasteiger partial charge in [-0.3, -0.25) is 4.79 Å². The van der Waals surface area contributed by atoms with E-state index in [2.05, 4.69) is 39.8 Å². The maximum atomic E-state index is 12.0. The molecule has 1 amide bonds. The van der Waals surface area contributed by atoms with E-state index in [4.69, 9.17) is 0 Å². The Balaban J connectivity index is 0.00000220. The van der Waals surface area contributed by atoms with Crippen LogP contribution in [0, 0.1) is 5.92 Å². The minimum atomic E-state index is 0. The third-order valence-electron chi connectivity index (χ3n) is 3.83. The Kier molecular flexibility index (Phi) is 10.2. The van der Waals surface area contributed by atoms with Crippen LogP contribution in [0.5, 0.6) is 0 Å². The quantitative estimate of drug-likeness (QED) is 0.858. The fourth-order valence-electron chi connectivity index (χ4n) is 2.51. The van der Waals surface area contributed by atoms with E-state index < -0.39 is 0 Å². The second kappa shape index (κ2) is 10.7. The van der Waals surface area contributed by atoms with E-state index in [1.54, 1.807) is 0 Å². The summed E-state index contributed by atoms with van der Waals surface area (Å²) in [5, 5.41) is 6.32. The molecular formula is C16H27Cl2N3O. The van der Waals surface area contributed by atoms with E-state index in [1.165, 1.54) is 11.3 Å². The lowest BCUT2D eigenvalue weighted by Gasteiger charge is -2.21. The number of halogens is 2. The van der Waals surface area contributed by atoms with Crippen molar-refractivity contribution in [3.8, 4) is 0 Å². The van der Waals surface area contributed by atoms with E-state index in [0.29, 0.717) is 0 Å². The van der Waals surface area contributed by atoms with Crippen molar-refractivity contribution in [2.24, 2.45) is 5.92 Å². The first kappa shape index (κ1) is 21.0. The van der Waals surface area contributed by atoms with Crippen molar-refractivity contribution in [2.45, 2.75) is 19.3 Å². The van der Waals surface area contributed by atoms with Gasteiger partial charge < -0.3 is 15.5 Å². The fraction of sp³-hybridized carbons (Fsp3) is 0.562. The number of rotatable bonds is 5. The molecule has 2 N–H and O–H groups in total. The molecule has 0 spiro atoms. The maximum absolute atomic E-state index is 12.0. The van der Waals surface area contributed by atoms with Crippen LogP contribution in [-0.2, 0) is 11.2 Å². The van der Waals surface area contributed by atoms with E-state index >= 15 is 0 Å². The summed E-state index contributed by atoms with van der Waals surface area (Å²) in [7, 11) is 4.07. The first-order valence-corrected chi connectivity index (χ1v) is 7.41. The maximum Gasteiger partial charge on any atom is 0.224 e. The van der Waals surface area contributed by atoms with E-state index in [-0.39, 0.29) is 36.6 Å². The summed E-state index contributed by atoms with van der Waals surface area (Å²) in [5.74, 6) is 0.349. The monoisotopic (exact) mass is 347 g/mol. The van der Waals surface area contributed by atoms with Crippen molar-refractivity contribution in [3.63, 3.8) is 0 Å². The minimum absolute atomic E-state index is 0. The summed E-state index contributed by atoms with van der Waals surface area (Å²) in [5.41, 5.74) is 2.46. The summed E-state index contributed by atoms with van der Waals surface area (Å²) < 4.78 is 0. The molecule has 1 aromatic rings. The lowest BCUT2D eigenvalue weighted by molar-refractivity contribution is -0.125. The van der Waals surface area contributed by atoms with Crippen LogP contribution in [-0.4, -0.2) is 39.6 Å². The van der Waals surface area contributed by atoms with Gasteiger partial charge in [-0.1, -0.05) is 12.1 Å². The summed E-state index contributed by atoms with van der Waals surface area (Å²) in [6, 6.07) is 8.48. The second-order valence-corrected chi connectivity index (χ2v) is 5.65. The van der Waals surface area contributed by atoms with Crippen LogP contribution in [0.2, 0.25) is 0 Å². The molecule has 126 valence electrons. The highest BCUT2D eigenvalue weighted by molar-refractivity contribution is 5.85. The van der Waals surface area contributed by atoms with Crippen molar-refractivity contribution in [3.05, 3.63) is 29.8 Å². The van der Waals surface area contributed by atoms with Crippen LogP contribution in [0.1, 0.15) is 18.4 Å². The highest BCUT2D eigenvalue weighted by Gasteiger charge is 2.19. The summed E-state index contributed by atoms with van der Waals surface area (Å²) >= 11 is 0. The summed E-state index contributed by atoms with van der Waals surface area (Å²) in [6.07, 6.45) is 3.00. The molecule has 1 aromatic carbocycles. The Morgan fingerprint density at radius 3 is 2.50 bits per heavy atom. The van der Waals surface area contributed by atoms with Gasteiger partial charge in [0, 0.05) is 32.9 Å². The SMILES string of the molecule is CN(C)c1ccc(CCNC(=O)C2CCCNC2)cc1.Cl.Cl. The van der Waals surface area contributed by atoms with Crippen LogP contribution in [0.25, 0.3) is 0 Å². The van der Waals surface area contributed by atoms with Crippen molar-refractivity contribution in [2.75, 3.05) is 38.6 Å². The number of nitrogens with one attached hydrogen (secondary N) is 2. The number of amides is 1. The molecule has 1 fully saturated rings. The number of carbonyl (C=O) groups excluding carboxylic acids is 1. The molecule has 1 aliphatic heterocycles. The predicted molar refractivity (Wildman–Crippen MR) is 97.6 cm³/mol. The van der Waals surface area contributed by atoms with Crippen molar-refractivity contribution in [1.82, 2.24) is 10.6 Å². The van der Waals surface area contributed by atoms with Gasteiger partial charge in [0.05, 0.1) is 5.92 Å². The molecule has 4 nitrogen and oxygen atoms in total. The largest absolute Gasteiger partial charge is 0.378 e. The van der Waals surface area contributed by atoms with Gasteiger partial charge >= 0.3 is 0 Å². The molecule has 0 saturated carbocycles. The first-order chi connectivity index (χ1) is 9.66. The Hall–Kier alpha value is -0.970. The number of carbonyl (C=O) groups is 1. The molecular weight excluding hydrogens is 321 g/mol. The minimum Gasteiger partial charge on any atom is -0.378 e. The van der Waals surface area contributed by atoms with Crippen molar-refractivity contribution >= 4 is 36.4 Å². The standard InChI is InChI=1S/C16H25N3O.2ClH/c1-19(2)15-7-5-13(6-8-15)9-11-18-16(20)14-4-3-10-17-12-14;;/h5-8,14,17H,3-4,9-12H2,1-2H3,(H,18,20);2*1H. The zero-order valence-corrected chi connectivity index (χ0v) is 14.9. The first-order valence-electron chi connectivity index (χ1n) is 7.41. The Bertz CT molecular complexity index is 432. The van der Waals surface area contributed by atoms with Crippen LogP contribution in [0.4, 0.5) is 5.69 Å². The van der Waals surface area contributed by atoms with Crippen LogP contribution < -0.4 is 15.5 Å². The summed E-state index contributed by atoms with van der Waals surface area (Å²) in [6.45, 7) is 2.59. The van der Waals surface area contributed by atoms with Crippen molar-refractivity contribution in [1.29, 1.82) is 0 Å². The number of nitrogens with zero attached hydrogens (tertiary/aromatic N) is 1. The molecule has 0 radical (unpaired) electrons. The normalized spacial score (nSPS) is 16.9. The zero-order chi connectivity index (χ0) is 14.4. The van der Waals surface area contributed by atoms with Gasteiger partial charge in [-0.2, -0.15) is 0 Å². The van der Waals surface area contributed by atoms with E-state index in [0.717, 1.165) is 38.9 Å². The molecule has 1 aliphatic rings. The lowest BCUT2D eigenvalue weighted by atomic mass is 9.99. The molecule has 2 rings (SSSR count). The molecule has 0 aromatic heterocycles. The van der Waals surface area contributed by atoms with Gasteiger partial charge in [-0.05, 0) is 43.5 Å². The third kappa shape index (κ3) is 6.42. The van der Waals surface area contributed by atoms with Crippen LogP contribution >= 0.6 is 24.8 Å². The Labute approximate surface area is 145 Å². The van der Waals surface area contributed by atoms with Crippen molar-refractivity contribution < 1.29 is 4.79 Å². The third-order valence-corrected chi connectivity index (χ3v) is 3.83. The van der Waals surface area contributed by atoms with Gasteiger partial charge in [0.15, 0.2) is 0 Å². The average Bonchev–Trinajstić information content (AvgIpc) is 2.48. The van der Waals surface area contributed by atoms with Gasteiger partial charge in [0.25, 0.3) is 0 Å². The smallest absolute Gasteiger partial charge is 0.224 e. The topological polar surface area (TPSA) is 44.4 Å². The van der Waals surface area contributed by atoms with Gasteiger partial charge in [-0.15, -0.1) is 24.8 Å².